The third-order valence-corrected chi connectivity index (χ3v) is 7.00. The Kier molecular flexibility index (Phi) is 7.37. The quantitative estimate of drug-likeness (QED) is 0.304. The minimum Gasteiger partial charge on any atom is -0.497 e. The minimum atomic E-state index is -0.727. The fourth-order valence-electron chi connectivity index (χ4n) is 4.77. The van der Waals surface area contributed by atoms with Crippen LogP contribution >= 0.6 is 0 Å². The van der Waals surface area contributed by atoms with E-state index in [1.165, 1.54) is 12.8 Å². The standard InChI is InChI=1S/C29H35N5O4/c1-29(2,37-17-20-8-7-11-22(14-20)35-3)28-32-25-26(30)31-18-34(27(25)33-28)16-19-12-13-23(36-4)24(15-19)38-21-9-5-6-10-21/h7-8,11-15,18,21,30H,5-6,9-10,16-17H2,1-4H3,(H,32,33). The number of rotatable bonds is 10. The fourth-order valence-corrected chi connectivity index (χ4v) is 4.77. The monoisotopic (exact) mass is 517 g/mol. The van der Waals surface area contributed by atoms with Gasteiger partial charge in [-0.1, -0.05) is 18.2 Å². The molecular formula is C29H35N5O4. The van der Waals surface area contributed by atoms with E-state index in [9.17, 15) is 0 Å². The lowest BCUT2D eigenvalue weighted by atomic mass is 10.1. The maximum atomic E-state index is 8.36. The summed E-state index contributed by atoms with van der Waals surface area (Å²) < 4.78 is 25.4. The SMILES string of the molecule is COc1cccc(COC(C)(C)c2nc3c([nH]2)c(=N)ncn3Cc2ccc(OC)c(OC3CCCC3)c2)c1. The molecule has 5 rings (SSSR count). The first-order valence-electron chi connectivity index (χ1n) is 13.0. The van der Waals surface area contributed by atoms with Gasteiger partial charge in [0, 0.05) is 0 Å². The number of aromatic amines is 1. The predicted octanol–water partition coefficient (Wildman–Crippen LogP) is 5.08. The normalized spacial score (nSPS) is 14.2. The average molecular weight is 518 g/mol. The van der Waals surface area contributed by atoms with Crippen molar-refractivity contribution in [1.82, 2.24) is 19.5 Å². The first-order valence-corrected chi connectivity index (χ1v) is 13.0. The molecule has 1 aliphatic carbocycles. The van der Waals surface area contributed by atoms with Crippen LogP contribution in [0.25, 0.3) is 11.2 Å². The summed E-state index contributed by atoms with van der Waals surface area (Å²) in [6, 6.07) is 13.8. The molecule has 0 saturated heterocycles. The van der Waals surface area contributed by atoms with Crippen LogP contribution in [0.1, 0.15) is 56.5 Å². The van der Waals surface area contributed by atoms with Gasteiger partial charge < -0.3 is 28.5 Å². The molecule has 0 atom stereocenters. The summed E-state index contributed by atoms with van der Waals surface area (Å²) in [5.41, 5.74) is 2.65. The summed E-state index contributed by atoms with van der Waals surface area (Å²) in [4.78, 5) is 12.5. The number of hydrogen-bond donors (Lipinski definition) is 2. The Labute approximate surface area is 222 Å². The summed E-state index contributed by atoms with van der Waals surface area (Å²) in [5.74, 6) is 2.90. The molecule has 0 amide bonds. The van der Waals surface area contributed by atoms with Crippen molar-refractivity contribution in [2.75, 3.05) is 14.2 Å². The highest BCUT2D eigenvalue weighted by atomic mass is 16.5. The summed E-state index contributed by atoms with van der Waals surface area (Å²) in [6.07, 6.45) is 6.43. The van der Waals surface area contributed by atoms with Crippen LogP contribution in [0.2, 0.25) is 0 Å². The van der Waals surface area contributed by atoms with Crippen molar-refractivity contribution >= 4 is 11.2 Å². The highest BCUT2D eigenvalue weighted by molar-refractivity contribution is 5.69. The molecule has 1 fully saturated rings. The second kappa shape index (κ2) is 10.9. The number of hydrogen-bond acceptors (Lipinski definition) is 7. The summed E-state index contributed by atoms with van der Waals surface area (Å²) in [6.45, 7) is 4.83. The maximum Gasteiger partial charge on any atom is 0.173 e. The van der Waals surface area contributed by atoms with Crippen molar-refractivity contribution in [3.05, 3.63) is 71.2 Å². The summed E-state index contributed by atoms with van der Waals surface area (Å²) >= 11 is 0. The number of benzene rings is 2. The van der Waals surface area contributed by atoms with Crippen molar-refractivity contribution in [3.63, 3.8) is 0 Å². The van der Waals surface area contributed by atoms with E-state index in [4.69, 9.17) is 29.3 Å². The molecule has 9 nitrogen and oxygen atoms in total. The molecule has 0 unspecified atom stereocenters. The zero-order valence-corrected chi connectivity index (χ0v) is 22.4. The lowest BCUT2D eigenvalue weighted by Gasteiger charge is -2.23. The molecule has 38 heavy (non-hydrogen) atoms. The van der Waals surface area contributed by atoms with Crippen LogP contribution in [0.5, 0.6) is 17.2 Å². The van der Waals surface area contributed by atoms with Gasteiger partial charge in [-0.2, -0.15) is 0 Å². The molecule has 0 radical (unpaired) electrons. The van der Waals surface area contributed by atoms with Crippen molar-refractivity contribution in [2.45, 2.75) is 64.4 Å². The largest absolute Gasteiger partial charge is 0.497 e. The van der Waals surface area contributed by atoms with Crippen molar-refractivity contribution in [2.24, 2.45) is 0 Å². The van der Waals surface area contributed by atoms with Crippen LogP contribution in [-0.2, 0) is 23.5 Å². The topological polar surface area (TPSA) is 107 Å². The van der Waals surface area contributed by atoms with Gasteiger partial charge in [0.2, 0.25) is 0 Å². The Bertz CT molecular complexity index is 1470. The van der Waals surface area contributed by atoms with E-state index in [0.717, 1.165) is 41.2 Å². The van der Waals surface area contributed by atoms with Gasteiger partial charge in [-0.05, 0) is 74.9 Å². The Morgan fingerprint density at radius 2 is 1.84 bits per heavy atom. The molecule has 1 saturated carbocycles. The van der Waals surface area contributed by atoms with E-state index in [1.54, 1.807) is 20.5 Å². The molecule has 200 valence electrons. The second-order valence-electron chi connectivity index (χ2n) is 10.2. The Morgan fingerprint density at radius 3 is 2.61 bits per heavy atom. The molecule has 9 heteroatoms. The number of aromatic nitrogens is 4. The first kappa shape index (κ1) is 25.8. The van der Waals surface area contributed by atoms with E-state index >= 15 is 0 Å². The van der Waals surface area contributed by atoms with E-state index in [1.807, 2.05) is 60.9 Å². The predicted molar refractivity (Wildman–Crippen MR) is 144 cm³/mol. The van der Waals surface area contributed by atoms with E-state index in [-0.39, 0.29) is 11.6 Å². The van der Waals surface area contributed by atoms with Crippen LogP contribution in [0.4, 0.5) is 0 Å². The van der Waals surface area contributed by atoms with Gasteiger partial charge in [0.05, 0.1) is 39.8 Å². The van der Waals surface area contributed by atoms with Crippen molar-refractivity contribution in [3.8, 4) is 17.2 Å². The van der Waals surface area contributed by atoms with Crippen molar-refractivity contribution in [1.29, 1.82) is 5.41 Å². The first-order chi connectivity index (χ1) is 18.4. The minimum absolute atomic E-state index is 0.138. The lowest BCUT2D eigenvalue weighted by molar-refractivity contribution is -0.0393. The van der Waals surface area contributed by atoms with Crippen LogP contribution in [0.3, 0.4) is 0 Å². The smallest absolute Gasteiger partial charge is 0.173 e. The van der Waals surface area contributed by atoms with Gasteiger partial charge in [0.25, 0.3) is 0 Å². The third-order valence-electron chi connectivity index (χ3n) is 7.00. The van der Waals surface area contributed by atoms with Crippen molar-refractivity contribution < 1.29 is 18.9 Å². The fraction of sp³-hybridized carbons (Fsp3) is 0.414. The van der Waals surface area contributed by atoms with Crippen LogP contribution in [-0.4, -0.2) is 39.8 Å². The summed E-state index contributed by atoms with van der Waals surface area (Å²) in [5, 5.41) is 8.36. The van der Waals surface area contributed by atoms with Gasteiger partial charge >= 0.3 is 0 Å². The van der Waals surface area contributed by atoms with Crippen LogP contribution in [0, 0.1) is 5.41 Å². The average Bonchev–Trinajstić information content (AvgIpc) is 3.61. The maximum absolute atomic E-state index is 8.36. The Morgan fingerprint density at radius 1 is 1.03 bits per heavy atom. The van der Waals surface area contributed by atoms with Crippen LogP contribution < -0.4 is 19.7 Å². The number of H-pyrrole nitrogens is 1. The highest BCUT2D eigenvalue weighted by Gasteiger charge is 2.27. The number of methoxy groups -OCH3 is 2. The molecule has 2 heterocycles. The molecule has 2 aromatic heterocycles. The van der Waals surface area contributed by atoms with E-state index < -0.39 is 5.60 Å². The van der Waals surface area contributed by atoms with Gasteiger partial charge in [-0.15, -0.1) is 0 Å². The van der Waals surface area contributed by atoms with E-state index in [0.29, 0.717) is 30.1 Å². The number of ether oxygens (including phenoxy) is 4. The molecule has 0 aliphatic heterocycles. The zero-order valence-electron chi connectivity index (χ0n) is 22.4. The van der Waals surface area contributed by atoms with Gasteiger partial charge in [0.1, 0.15) is 22.7 Å². The van der Waals surface area contributed by atoms with Gasteiger partial charge in [-0.25, -0.2) is 9.97 Å². The Hall–Kier alpha value is -3.85. The highest BCUT2D eigenvalue weighted by Crippen LogP contribution is 2.33. The molecule has 4 aromatic rings. The number of nitrogens with one attached hydrogen (secondary N) is 2. The molecule has 1 aliphatic rings. The number of nitrogens with zero attached hydrogens (tertiary/aromatic N) is 3. The number of imidazole rings is 1. The molecule has 0 spiro atoms. The lowest BCUT2D eigenvalue weighted by Crippen LogP contribution is -2.23. The zero-order chi connectivity index (χ0) is 26.7. The van der Waals surface area contributed by atoms with Gasteiger partial charge in [0.15, 0.2) is 22.6 Å². The number of fused-ring (bicyclic) bond motifs is 1. The van der Waals surface area contributed by atoms with Crippen LogP contribution in [0.15, 0.2) is 48.8 Å². The molecule has 2 aromatic carbocycles. The molecular weight excluding hydrogens is 482 g/mol. The molecule has 0 bridgehead atoms. The molecule has 2 N–H and O–H groups in total. The van der Waals surface area contributed by atoms with Gasteiger partial charge in [-0.3, -0.25) is 5.41 Å². The second-order valence-corrected chi connectivity index (χ2v) is 10.2. The third kappa shape index (κ3) is 5.52. The summed E-state index contributed by atoms with van der Waals surface area (Å²) in [7, 11) is 3.31. The van der Waals surface area contributed by atoms with E-state index in [2.05, 4.69) is 9.97 Å². The Balaban J connectivity index is 1.40.